The van der Waals surface area contributed by atoms with Crippen LogP contribution in [0.2, 0.25) is 0 Å². The van der Waals surface area contributed by atoms with Crippen LogP contribution in [0.5, 0.6) is 0 Å². The number of likely N-dealkylation sites (N-methyl/N-ethyl adjacent to an activating group) is 1. The van der Waals surface area contributed by atoms with Gasteiger partial charge in [-0.2, -0.15) is 0 Å². The van der Waals surface area contributed by atoms with Crippen molar-refractivity contribution in [2.45, 2.75) is 37.8 Å². The number of piperazine rings is 1. The number of nitrogens with zero attached hydrogens (tertiary/aromatic N) is 3. The zero-order valence-electron chi connectivity index (χ0n) is 19.3. The van der Waals surface area contributed by atoms with Gasteiger partial charge in [0.1, 0.15) is 11.4 Å². The van der Waals surface area contributed by atoms with E-state index in [1.807, 2.05) is 17.5 Å². The number of H-pyrrole nitrogens is 2. The fourth-order valence-electron chi connectivity index (χ4n) is 5.22. The Labute approximate surface area is 201 Å². The van der Waals surface area contributed by atoms with E-state index in [2.05, 4.69) is 44.3 Å². The van der Waals surface area contributed by atoms with Crippen molar-refractivity contribution in [2.24, 2.45) is 0 Å². The molecule has 178 valence electrons. The van der Waals surface area contributed by atoms with Crippen molar-refractivity contribution in [3.8, 4) is 11.4 Å². The van der Waals surface area contributed by atoms with Crippen LogP contribution < -0.4 is 15.8 Å². The van der Waals surface area contributed by atoms with Crippen LogP contribution in [0.3, 0.4) is 0 Å². The van der Waals surface area contributed by atoms with Gasteiger partial charge in [-0.25, -0.2) is 4.98 Å². The highest BCUT2D eigenvalue weighted by Gasteiger charge is 2.27. The van der Waals surface area contributed by atoms with Gasteiger partial charge >= 0.3 is 0 Å². The topological polar surface area (TPSA) is 100 Å². The molecule has 6 rings (SSSR count). The molecule has 0 spiro atoms. The monoisotopic (exact) mass is 478 g/mol. The van der Waals surface area contributed by atoms with Crippen LogP contribution in [0.4, 0.5) is 11.4 Å². The van der Waals surface area contributed by atoms with Crippen molar-refractivity contribution in [3.05, 3.63) is 40.0 Å². The van der Waals surface area contributed by atoms with E-state index in [0.29, 0.717) is 11.4 Å². The summed E-state index contributed by atoms with van der Waals surface area (Å²) >= 11 is 1.58. The smallest absolute Gasteiger partial charge is 0.261 e. The highest BCUT2D eigenvalue weighted by atomic mass is 32.1. The summed E-state index contributed by atoms with van der Waals surface area (Å²) in [4.78, 5) is 29.2. The molecule has 1 aromatic carbocycles. The fraction of sp³-hybridized carbons (Fsp3) is 0.440. The van der Waals surface area contributed by atoms with Crippen molar-refractivity contribution in [1.29, 1.82) is 0 Å². The molecule has 1 saturated heterocycles. The minimum Gasteiger partial charge on any atom is -0.391 e. The summed E-state index contributed by atoms with van der Waals surface area (Å²) in [5.74, 6) is 0.551. The fourth-order valence-corrected chi connectivity index (χ4v) is 6.08. The second-order valence-electron chi connectivity index (χ2n) is 9.55. The predicted molar refractivity (Wildman–Crippen MR) is 139 cm³/mol. The van der Waals surface area contributed by atoms with Crippen LogP contribution in [0.1, 0.15) is 25.7 Å². The molecule has 8 nitrogen and oxygen atoms in total. The zero-order valence-corrected chi connectivity index (χ0v) is 20.1. The van der Waals surface area contributed by atoms with Gasteiger partial charge in [0.15, 0.2) is 0 Å². The maximum atomic E-state index is 13.3. The highest BCUT2D eigenvalue weighted by Crippen LogP contribution is 2.36. The molecule has 2 aliphatic rings. The first kappa shape index (κ1) is 21.6. The second kappa shape index (κ2) is 8.72. The van der Waals surface area contributed by atoms with E-state index in [-0.39, 0.29) is 11.6 Å². The number of hydrogen-bond donors (Lipinski definition) is 4. The van der Waals surface area contributed by atoms with Crippen LogP contribution >= 0.6 is 11.3 Å². The first-order valence-corrected chi connectivity index (χ1v) is 13.0. The summed E-state index contributed by atoms with van der Waals surface area (Å²) in [6, 6.07) is 8.12. The average molecular weight is 479 g/mol. The highest BCUT2D eigenvalue weighted by molar-refractivity contribution is 7.17. The lowest BCUT2D eigenvalue weighted by atomic mass is 9.92. The van der Waals surface area contributed by atoms with Crippen LogP contribution in [-0.2, 0) is 0 Å². The van der Waals surface area contributed by atoms with Gasteiger partial charge in [-0.05, 0) is 49.5 Å². The Kier molecular flexibility index (Phi) is 5.55. The number of aromatic amines is 2. The Morgan fingerprint density at radius 2 is 1.91 bits per heavy atom. The largest absolute Gasteiger partial charge is 0.391 e. The van der Waals surface area contributed by atoms with Crippen LogP contribution in [0.15, 0.2) is 34.4 Å². The molecule has 3 aromatic heterocycles. The van der Waals surface area contributed by atoms with Gasteiger partial charge in [-0.15, -0.1) is 11.3 Å². The minimum absolute atomic E-state index is 0.0761. The molecule has 4 heterocycles. The van der Waals surface area contributed by atoms with Gasteiger partial charge in [0.2, 0.25) is 0 Å². The molecule has 0 unspecified atom stereocenters. The molecule has 4 aromatic rings. The number of nitrogens with one attached hydrogen (secondary N) is 3. The van der Waals surface area contributed by atoms with Crippen molar-refractivity contribution < 1.29 is 5.11 Å². The maximum Gasteiger partial charge on any atom is 0.261 e. The second-order valence-corrected chi connectivity index (χ2v) is 10.5. The van der Waals surface area contributed by atoms with E-state index in [1.54, 1.807) is 11.3 Å². The number of benzene rings is 1. The molecular formula is C25H30N6O2S. The zero-order chi connectivity index (χ0) is 23.2. The number of fused-ring (bicyclic) bond motifs is 2. The number of imidazole rings is 1. The summed E-state index contributed by atoms with van der Waals surface area (Å²) < 4.78 is 0.978. The number of rotatable bonds is 4. The number of thiophene rings is 1. The van der Waals surface area contributed by atoms with Crippen molar-refractivity contribution in [1.82, 2.24) is 19.9 Å². The van der Waals surface area contributed by atoms with E-state index < -0.39 is 6.10 Å². The molecule has 1 aliphatic carbocycles. The summed E-state index contributed by atoms with van der Waals surface area (Å²) in [7, 11) is 2.15. The lowest BCUT2D eigenvalue weighted by Gasteiger charge is -2.34. The van der Waals surface area contributed by atoms with Crippen molar-refractivity contribution in [2.75, 3.05) is 43.4 Å². The molecule has 1 aliphatic heterocycles. The number of pyridine rings is 1. The molecule has 2 fully saturated rings. The summed E-state index contributed by atoms with van der Waals surface area (Å²) in [5, 5.41) is 16.1. The van der Waals surface area contributed by atoms with E-state index >= 15 is 0 Å². The Hall–Kier alpha value is -2.88. The van der Waals surface area contributed by atoms with E-state index in [1.165, 1.54) is 5.69 Å². The van der Waals surface area contributed by atoms with Gasteiger partial charge in [0.25, 0.3) is 5.56 Å². The molecule has 0 radical (unpaired) electrons. The standard InChI is InChI=1S/C25H30N6O2S/c1-30-9-11-31(12-10-30)15-6-7-16-19(14-15)28-24(27-16)21-22(26-17-4-2-3-5-20(17)32)23-18(8-13-34-23)29-25(21)33/h6-8,13-14,17,20,32H,2-5,9-12H2,1H3,(H,27,28)(H2,26,29,33)/t17-,20+/m1/s1. The van der Waals surface area contributed by atoms with Gasteiger partial charge in [-0.3, -0.25) is 4.79 Å². The maximum absolute atomic E-state index is 13.3. The van der Waals surface area contributed by atoms with Gasteiger partial charge in [0.05, 0.1) is 39.1 Å². The first-order chi connectivity index (χ1) is 16.6. The molecule has 1 saturated carbocycles. The van der Waals surface area contributed by atoms with Gasteiger partial charge in [0, 0.05) is 31.9 Å². The third-order valence-corrected chi connectivity index (χ3v) is 8.18. The molecule has 4 N–H and O–H groups in total. The van der Waals surface area contributed by atoms with Crippen molar-refractivity contribution in [3.63, 3.8) is 0 Å². The Morgan fingerprint density at radius 3 is 2.74 bits per heavy atom. The SMILES string of the molecule is CN1CCN(c2ccc3nc(-c4c(N[C@@H]5CCCC[C@@H]5O)c5sccc5[nH]c4=O)[nH]c3c2)CC1. The summed E-state index contributed by atoms with van der Waals surface area (Å²) in [5.41, 5.74) is 4.81. The lowest BCUT2D eigenvalue weighted by Crippen LogP contribution is -2.44. The van der Waals surface area contributed by atoms with Crippen LogP contribution in [-0.4, -0.2) is 70.3 Å². The third-order valence-electron chi connectivity index (χ3n) is 7.25. The average Bonchev–Trinajstić information content (AvgIpc) is 3.47. The molecular weight excluding hydrogens is 448 g/mol. The number of hydrogen-bond acceptors (Lipinski definition) is 7. The normalized spacial score (nSPS) is 22.0. The van der Waals surface area contributed by atoms with E-state index in [0.717, 1.165) is 78.8 Å². The number of aliphatic hydroxyl groups excluding tert-OH is 1. The molecule has 0 bridgehead atoms. The lowest BCUT2D eigenvalue weighted by molar-refractivity contribution is 0.116. The minimum atomic E-state index is -0.419. The van der Waals surface area contributed by atoms with Crippen LogP contribution in [0.25, 0.3) is 32.6 Å². The molecule has 34 heavy (non-hydrogen) atoms. The first-order valence-electron chi connectivity index (χ1n) is 12.1. The Bertz CT molecular complexity index is 1380. The Morgan fingerprint density at radius 1 is 1.09 bits per heavy atom. The van der Waals surface area contributed by atoms with Crippen molar-refractivity contribution >= 4 is 44.0 Å². The number of aromatic nitrogens is 3. The van der Waals surface area contributed by atoms with Gasteiger partial charge < -0.3 is 30.2 Å². The van der Waals surface area contributed by atoms with Gasteiger partial charge in [-0.1, -0.05) is 12.8 Å². The predicted octanol–water partition coefficient (Wildman–Crippen LogP) is 3.60. The van der Waals surface area contributed by atoms with E-state index in [9.17, 15) is 9.90 Å². The molecule has 2 atom stereocenters. The summed E-state index contributed by atoms with van der Waals surface area (Å²) in [6.07, 6.45) is 3.35. The number of anilines is 2. The van der Waals surface area contributed by atoms with Crippen LogP contribution in [0, 0.1) is 0 Å². The Balaban J connectivity index is 1.42. The summed E-state index contributed by atoms with van der Waals surface area (Å²) in [6.45, 7) is 4.08. The number of aliphatic hydroxyl groups is 1. The molecule has 0 amide bonds. The quantitative estimate of drug-likeness (QED) is 0.358. The third kappa shape index (κ3) is 3.87. The van der Waals surface area contributed by atoms with E-state index in [4.69, 9.17) is 4.98 Å². The molecule has 9 heteroatoms.